The van der Waals surface area contributed by atoms with E-state index >= 15 is 0 Å². The second-order valence-corrected chi connectivity index (χ2v) is 4.17. The van der Waals surface area contributed by atoms with Crippen molar-refractivity contribution < 1.29 is 14.7 Å². The molecule has 1 aromatic rings. The van der Waals surface area contributed by atoms with Gasteiger partial charge in [-0.15, -0.1) is 0 Å². The first-order valence-corrected chi connectivity index (χ1v) is 5.83. The Bertz CT molecular complexity index is 380. The fourth-order valence-electron chi connectivity index (χ4n) is 1.83. The van der Waals surface area contributed by atoms with Crippen molar-refractivity contribution in [1.29, 1.82) is 0 Å². The molecule has 0 amide bonds. The molecule has 1 aliphatic heterocycles. The van der Waals surface area contributed by atoms with Crippen LogP contribution in [0.5, 0.6) is 5.75 Å². The fourth-order valence-corrected chi connectivity index (χ4v) is 1.83. The van der Waals surface area contributed by atoms with Crippen LogP contribution in [0.25, 0.3) is 0 Å². The molecule has 1 atom stereocenters. The highest BCUT2D eigenvalue weighted by Crippen LogP contribution is 2.18. The first-order valence-electron chi connectivity index (χ1n) is 5.83. The lowest BCUT2D eigenvalue weighted by atomic mass is 10.1. The molecule has 1 aromatic carbocycles. The quantitative estimate of drug-likeness (QED) is 0.497. The minimum absolute atomic E-state index is 0.155. The summed E-state index contributed by atoms with van der Waals surface area (Å²) in [5, 5.41) is 11.8. The lowest BCUT2D eigenvalue weighted by Gasteiger charge is -2.23. The first kappa shape index (κ1) is 11.9. The zero-order valence-electron chi connectivity index (χ0n) is 9.93. The van der Waals surface area contributed by atoms with E-state index in [2.05, 4.69) is 5.16 Å². The molecular formula is C13H17NO3. The molecule has 0 spiro atoms. The van der Waals surface area contributed by atoms with Gasteiger partial charge in [0.25, 0.3) is 0 Å². The maximum absolute atomic E-state index is 8.66. The largest absolute Gasteiger partial charge is 0.488 e. The third-order valence-electron chi connectivity index (χ3n) is 2.84. The summed E-state index contributed by atoms with van der Waals surface area (Å²) in [6.45, 7) is 3.26. The topological polar surface area (TPSA) is 51.1 Å². The maximum Gasteiger partial charge on any atom is 0.122 e. The van der Waals surface area contributed by atoms with E-state index < -0.39 is 0 Å². The smallest absolute Gasteiger partial charge is 0.122 e. The van der Waals surface area contributed by atoms with E-state index in [9.17, 15) is 0 Å². The molecule has 4 heteroatoms. The second-order valence-electron chi connectivity index (χ2n) is 4.17. The number of rotatable bonds is 3. The molecule has 0 aliphatic carbocycles. The third kappa shape index (κ3) is 3.20. The van der Waals surface area contributed by atoms with Crippen LogP contribution in [-0.4, -0.2) is 30.2 Å². The van der Waals surface area contributed by atoms with Crippen molar-refractivity contribution in [2.75, 3.05) is 13.2 Å². The van der Waals surface area contributed by atoms with Gasteiger partial charge < -0.3 is 14.7 Å². The molecule has 0 radical (unpaired) electrons. The first-order chi connectivity index (χ1) is 8.29. The number of ether oxygens (including phenoxy) is 2. The summed E-state index contributed by atoms with van der Waals surface area (Å²) in [4.78, 5) is 0. The van der Waals surface area contributed by atoms with Crippen LogP contribution in [-0.2, 0) is 4.74 Å². The lowest BCUT2D eigenvalue weighted by Crippen LogP contribution is -2.27. The lowest BCUT2D eigenvalue weighted by molar-refractivity contribution is 0.00743. The van der Waals surface area contributed by atoms with E-state index in [1.807, 2.05) is 24.3 Å². The predicted molar refractivity (Wildman–Crippen MR) is 64.9 cm³/mol. The van der Waals surface area contributed by atoms with Gasteiger partial charge in [-0.2, -0.15) is 0 Å². The van der Waals surface area contributed by atoms with Gasteiger partial charge in [0, 0.05) is 6.61 Å². The molecule has 2 rings (SSSR count). The standard InChI is InChI=1S/C13H17NO3/c1-10(14-15)11-4-6-12(7-5-11)17-13-3-2-8-16-9-13/h4-7,13,15H,2-3,8-9H2,1H3/b14-10-. The zero-order valence-corrected chi connectivity index (χ0v) is 9.93. The van der Waals surface area contributed by atoms with Crippen LogP contribution in [0.15, 0.2) is 29.4 Å². The van der Waals surface area contributed by atoms with Crippen molar-refractivity contribution in [2.45, 2.75) is 25.9 Å². The normalized spacial score (nSPS) is 21.2. The molecule has 1 N–H and O–H groups in total. The van der Waals surface area contributed by atoms with E-state index in [1.54, 1.807) is 6.92 Å². The summed E-state index contributed by atoms with van der Waals surface area (Å²) < 4.78 is 11.2. The van der Waals surface area contributed by atoms with Gasteiger partial charge in [-0.05, 0) is 49.6 Å². The molecule has 1 fully saturated rings. The zero-order chi connectivity index (χ0) is 12.1. The SMILES string of the molecule is C/C(=N/O)c1ccc(OC2CCCOC2)cc1. The molecule has 1 heterocycles. The Labute approximate surface area is 101 Å². The Balaban J connectivity index is 1.97. The van der Waals surface area contributed by atoms with Crippen molar-refractivity contribution in [3.05, 3.63) is 29.8 Å². The number of oxime groups is 1. The van der Waals surface area contributed by atoms with E-state index in [-0.39, 0.29) is 6.10 Å². The highest BCUT2D eigenvalue weighted by Gasteiger charge is 2.15. The molecule has 0 aromatic heterocycles. The minimum Gasteiger partial charge on any atom is -0.488 e. The van der Waals surface area contributed by atoms with Gasteiger partial charge in [-0.1, -0.05) is 5.16 Å². The fraction of sp³-hybridized carbons (Fsp3) is 0.462. The van der Waals surface area contributed by atoms with Crippen LogP contribution in [0.3, 0.4) is 0 Å². The third-order valence-corrected chi connectivity index (χ3v) is 2.84. The Hall–Kier alpha value is -1.55. The molecule has 1 unspecified atom stereocenters. The van der Waals surface area contributed by atoms with Crippen molar-refractivity contribution in [3.63, 3.8) is 0 Å². The number of hydrogen-bond acceptors (Lipinski definition) is 4. The summed E-state index contributed by atoms with van der Waals surface area (Å²) in [5.41, 5.74) is 1.48. The second kappa shape index (κ2) is 5.68. The number of nitrogens with zero attached hydrogens (tertiary/aromatic N) is 1. The Morgan fingerprint density at radius 3 is 2.76 bits per heavy atom. The van der Waals surface area contributed by atoms with E-state index in [4.69, 9.17) is 14.7 Å². The number of hydrogen-bond donors (Lipinski definition) is 1. The monoisotopic (exact) mass is 235 g/mol. The van der Waals surface area contributed by atoms with Gasteiger partial charge >= 0.3 is 0 Å². The van der Waals surface area contributed by atoms with Gasteiger partial charge in [-0.25, -0.2) is 0 Å². The summed E-state index contributed by atoms with van der Waals surface area (Å²) in [5.74, 6) is 0.829. The summed E-state index contributed by atoms with van der Waals surface area (Å²) in [6.07, 6.45) is 2.25. The van der Waals surface area contributed by atoms with E-state index in [0.717, 1.165) is 30.8 Å². The van der Waals surface area contributed by atoms with Crippen molar-refractivity contribution in [2.24, 2.45) is 5.16 Å². The summed E-state index contributed by atoms with van der Waals surface area (Å²) >= 11 is 0. The maximum atomic E-state index is 8.66. The molecule has 1 saturated heterocycles. The van der Waals surface area contributed by atoms with Gasteiger partial charge in [-0.3, -0.25) is 0 Å². The molecule has 92 valence electrons. The average Bonchev–Trinajstić information content (AvgIpc) is 2.40. The molecule has 17 heavy (non-hydrogen) atoms. The van der Waals surface area contributed by atoms with Crippen molar-refractivity contribution in [1.82, 2.24) is 0 Å². The van der Waals surface area contributed by atoms with Gasteiger partial charge in [0.15, 0.2) is 0 Å². The Kier molecular flexibility index (Phi) is 3.98. The molecular weight excluding hydrogens is 218 g/mol. The predicted octanol–water partition coefficient (Wildman–Crippen LogP) is 2.44. The minimum atomic E-state index is 0.155. The van der Waals surface area contributed by atoms with Gasteiger partial charge in [0.05, 0.1) is 12.3 Å². The summed E-state index contributed by atoms with van der Waals surface area (Å²) in [7, 11) is 0. The van der Waals surface area contributed by atoms with Crippen LogP contribution in [0.4, 0.5) is 0 Å². The summed E-state index contributed by atoms with van der Waals surface area (Å²) in [6, 6.07) is 7.54. The molecule has 0 saturated carbocycles. The van der Waals surface area contributed by atoms with Crippen LogP contribution in [0, 0.1) is 0 Å². The average molecular weight is 235 g/mol. The molecule has 0 bridgehead atoms. The van der Waals surface area contributed by atoms with Crippen LogP contribution in [0.1, 0.15) is 25.3 Å². The van der Waals surface area contributed by atoms with Crippen molar-refractivity contribution >= 4 is 5.71 Å². The van der Waals surface area contributed by atoms with Gasteiger partial charge in [0.1, 0.15) is 11.9 Å². The van der Waals surface area contributed by atoms with Crippen LogP contribution in [0.2, 0.25) is 0 Å². The van der Waals surface area contributed by atoms with Crippen LogP contribution < -0.4 is 4.74 Å². The molecule has 4 nitrogen and oxygen atoms in total. The van der Waals surface area contributed by atoms with Gasteiger partial charge in [0.2, 0.25) is 0 Å². The van der Waals surface area contributed by atoms with E-state index in [0.29, 0.717) is 12.3 Å². The Morgan fingerprint density at radius 2 is 2.18 bits per heavy atom. The van der Waals surface area contributed by atoms with Crippen molar-refractivity contribution in [3.8, 4) is 5.75 Å². The highest BCUT2D eigenvalue weighted by molar-refractivity contribution is 5.98. The Morgan fingerprint density at radius 1 is 1.41 bits per heavy atom. The molecule has 1 aliphatic rings. The van der Waals surface area contributed by atoms with Crippen LogP contribution >= 0.6 is 0 Å². The number of benzene rings is 1. The van der Waals surface area contributed by atoms with E-state index in [1.165, 1.54) is 0 Å². The highest BCUT2D eigenvalue weighted by atomic mass is 16.5.